The monoisotopic (exact) mass is 220 g/mol. The van der Waals surface area contributed by atoms with Gasteiger partial charge in [-0.1, -0.05) is 19.9 Å². The minimum Gasteiger partial charge on any atom is -0.317 e. The van der Waals surface area contributed by atoms with Crippen LogP contribution in [0, 0.1) is 0 Å². The van der Waals surface area contributed by atoms with E-state index in [2.05, 4.69) is 19.2 Å². The maximum absolute atomic E-state index is 12.3. The molecule has 0 aromatic carbocycles. The van der Waals surface area contributed by atoms with E-state index in [0.717, 1.165) is 31.5 Å². The minimum absolute atomic E-state index is 0.199. The molecule has 3 heteroatoms. The maximum atomic E-state index is 12.3. The minimum atomic E-state index is 0.199. The number of nitrogens with one attached hydrogen (secondary N) is 1. The molecule has 0 bridgehead atoms. The van der Waals surface area contributed by atoms with Gasteiger partial charge in [0, 0.05) is 17.8 Å². The van der Waals surface area contributed by atoms with Gasteiger partial charge in [0.15, 0.2) is 0 Å². The summed E-state index contributed by atoms with van der Waals surface area (Å²) in [5.74, 6) is 0.307. The fourth-order valence-corrected chi connectivity index (χ4v) is 2.34. The van der Waals surface area contributed by atoms with Crippen LogP contribution in [0.3, 0.4) is 0 Å². The average molecular weight is 220 g/mol. The van der Waals surface area contributed by atoms with E-state index in [-0.39, 0.29) is 5.56 Å². The third-order valence-electron chi connectivity index (χ3n) is 3.33. The number of pyridine rings is 1. The first-order valence-electron chi connectivity index (χ1n) is 6.12. The van der Waals surface area contributed by atoms with Crippen molar-refractivity contribution < 1.29 is 0 Å². The molecule has 0 amide bonds. The van der Waals surface area contributed by atoms with Crippen molar-refractivity contribution in [2.75, 3.05) is 13.1 Å². The lowest BCUT2D eigenvalue weighted by molar-refractivity contribution is 0.359. The van der Waals surface area contributed by atoms with Gasteiger partial charge in [0.1, 0.15) is 0 Å². The average Bonchev–Trinajstić information content (AvgIpc) is 2.30. The lowest BCUT2D eigenvalue weighted by Gasteiger charge is -2.25. The second-order valence-corrected chi connectivity index (χ2v) is 4.81. The molecule has 1 aliphatic heterocycles. The molecule has 1 fully saturated rings. The first-order chi connectivity index (χ1) is 7.70. The standard InChI is InChI=1S/C13H20N2O/c1-10(2)12-4-3-9-15(13(12)16)11-5-7-14-8-6-11/h3-4,9-11,14H,5-8H2,1-2H3. The van der Waals surface area contributed by atoms with Gasteiger partial charge in [-0.15, -0.1) is 0 Å². The number of piperidine rings is 1. The van der Waals surface area contributed by atoms with E-state index in [1.165, 1.54) is 0 Å². The van der Waals surface area contributed by atoms with Crippen molar-refractivity contribution in [2.45, 2.75) is 38.6 Å². The maximum Gasteiger partial charge on any atom is 0.254 e. The molecular formula is C13H20N2O. The Morgan fingerprint density at radius 2 is 2.06 bits per heavy atom. The molecule has 2 rings (SSSR count). The Hall–Kier alpha value is -1.09. The Kier molecular flexibility index (Phi) is 3.44. The second kappa shape index (κ2) is 4.83. The van der Waals surface area contributed by atoms with E-state index < -0.39 is 0 Å². The molecule has 2 heterocycles. The van der Waals surface area contributed by atoms with Crippen LogP contribution in [-0.2, 0) is 0 Å². The third kappa shape index (κ3) is 2.19. The Bertz CT molecular complexity index is 403. The van der Waals surface area contributed by atoms with Gasteiger partial charge in [-0.2, -0.15) is 0 Å². The SMILES string of the molecule is CC(C)c1cccn(C2CCNCC2)c1=O. The van der Waals surface area contributed by atoms with Gasteiger partial charge in [-0.05, 0) is 37.9 Å². The highest BCUT2D eigenvalue weighted by Crippen LogP contribution is 2.17. The summed E-state index contributed by atoms with van der Waals surface area (Å²) < 4.78 is 1.93. The molecule has 16 heavy (non-hydrogen) atoms. The fraction of sp³-hybridized carbons (Fsp3) is 0.615. The first-order valence-corrected chi connectivity index (χ1v) is 6.12. The van der Waals surface area contributed by atoms with Gasteiger partial charge in [0.05, 0.1) is 0 Å². The summed E-state index contributed by atoms with van der Waals surface area (Å²) in [5, 5.41) is 3.33. The lowest BCUT2D eigenvalue weighted by Crippen LogP contribution is -2.35. The molecule has 1 aromatic heterocycles. The molecule has 1 aliphatic rings. The molecule has 3 nitrogen and oxygen atoms in total. The topological polar surface area (TPSA) is 34.0 Å². The van der Waals surface area contributed by atoms with Crippen molar-refractivity contribution in [3.05, 3.63) is 34.2 Å². The van der Waals surface area contributed by atoms with Crippen LogP contribution in [0.2, 0.25) is 0 Å². The summed E-state index contributed by atoms with van der Waals surface area (Å²) in [5.41, 5.74) is 1.13. The number of nitrogens with zero attached hydrogens (tertiary/aromatic N) is 1. The number of hydrogen-bond donors (Lipinski definition) is 1. The van der Waals surface area contributed by atoms with Crippen LogP contribution >= 0.6 is 0 Å². The summed E-state index contributed by atoms with van der Waals surface area (Å²) in [4.78, 5) is 12.3. The Balaban J connectivity index is 2.33. The quantitative estimate of drug-likeness (QED) is 0.826. The molecule has 88 valence electrons. The van der Waals surface area contributed by atoms with Gasteiger partial charge in [-0.3, -0.25) is 4.79 Å². The van der Waals surface area contributed by atoms with Crippen molar-refractivity contribution in [1.82, 2.24) is 9.88 Å². The molecule has 0 aliphatic carbocycles. The zero-order valence-corrected chi connectivity index (χ0v) is 10.1. The van der Waals surface area contributed by atoms with E-state index in [1.54, 1.807) is 0 Å². The predicted molar refractivity (Wildman–Crippen MR) is 65.9 cm³/mol. The van der Waals surface area contributed by atoms with Gasteiger partial charge >= 0.3 is 0 Å². The molecule has 0 unspecified atom stereocenters. The van der Waals surface area contributed by atoms with Crippen molar-refractivity contribution in [3.8, 4) is 0 Å². The highest BCUT2D eigenvalue weighted by molar-refractivity contribution is 5.14. The molecule has 0 radical (unpaired) electrons. The molecule has 0 saturated carbocycles. The normalized spacial score (nSPS) is 17.9. The van der Waals surface area contributed by atoms with E-state index in [9.17, 15) is 4.79 Å². The van der Waals surface area contributed by atoms with Crippen molar-refractivity contribution >= 4 is 0 Å². The molecule has 0 atom stereocenters. The Morgan fingerprint density at radius 1 is 1.38 bits per heavy atom. The summed E-state index contributed by atoms with van der Waals surface area (Å²) >= 11 is 0. The summed E-state index contributed by atoms with van der Waals surface area (Å²) in [6.07, 6.45) is 4.05. The number of hydrogen-bond acceptors (Lipinski definition) is 2. The molecule has 1 saturated heterocycles. The van der Waals surface area contributed by atoms with Crippen LogP contribution < -0.4 is 10.9 Å². The van der Waals surface area contributed by atoms with Crippen LogP contribution in [0.5, 0.6) is 0 Å². The Labute approximate surface area is 96.5 Å². The van der Waals surface area contributed by atoms with E-state index in [1.807, 2.05) is 22.9 Å². The number of aromatic nitrogens is 1. The van der Waals surface area contributed by atoms with Crippen molar-refractivity contribution in [2.24, 2.45) is 0 Å². The second-order valence-electron chi connectivity index (χ2n) is 4.81. The van der Waals surface area contributed by atoms with E-state index >= 15 is 0 Å². The molecular weight excluding hydrogens is 200 g/mol. The van der Waals surface area contributed by atoms with E-state index in [4.69, 9.17) is 0 Å². The van der Waals surface area contributed by atoms with Crippen LogP contribution in [0.1, 0.15) is 44.2 Å². The van der Waals surface area contributed by atoms with Gasteiger partial charge in [0.25, 0.3) is 5.56 Å². The zero-order valence-electron chi connectivity index (χ0n) is 10.1. The highest BCUT2D eigenvalue weighted by atomic mass is 16.1. The largest absolute Gasteiger partial charge is 0.317 e. The van der Waals surface area contributed by atoms with E-state index in [0.29, 0.717) is 12.0 Å². The smallest absolute Gasteiger partial charge is 0.254 e. The summed E-state index contributed by atoms with van der Waals surface area (Å²) in [7, 11) is 0. The first kappa shape index (κ1) is 11.4. The fourth-order valence-electron chi connectivity index (χ4n) is 2.34. The third-order valence-corrected chi connectivity index (χ3v) is 3.33. The summed E-state index contributed by atoms with van der Waals surface area (Å²) in [6.45, 7) is 6.18. The van der Waals surface area contributed by atoms with Crippen LogP contribution in [0.25, 0.3) is 0 Å². The lowest BCUT2D eigenvalue weighted by atomic mass is 10.0. The van der Waals surface area contributed by atoms with Crippen LogP contribution in [-0.4, -0.2) is 17.7 Å². The molecule has 1 aromatic rings. The van der Waals surface area contributed by atoms with Gasteiger partial charge < -0.3 is 9.88 Å². The number of rotatable bonds is 2. The Morgan fingerprint density at radius 3 is 2.69 bits per heavy atom. The summed E-state index contributed by atoms with van der Waals surface area (Å²) in [6, 6.07) is 4.33. The predicted octanol–water partition coefficient (Wildman–Crippen LogP) is 1.90. The zero-order chi connectivity index (χ0) is 11.5. The highest BCUT2D eigenvalue weighted by Gasteiger charge is 2.17. The molecule has 0 spiro atoms. The van der Waals surface area contributed by atoms with Crippen molar-refractivity contribution in [1.29, 1.82) is 0 Å². The van der Waals surface area contributed by atoms with Crippen LogP contribution in [0.4, 0.5) is 0 Å². The van der Waals surface area contributed by atoms with Gasteiger partial charge in [0.2, 0.25) is 0 Å². The molecule has 1 N–H and O–H groups in total. The van der Waals surface area contributed by atoms with Crippen LogP contribution in [0.15, 0.2) is 23.1 Å². The van der Waals surface area contributed by atoms with Crippen molar-refractivity contribution in [3.63, 3.8) is 0 Å². The van der Waals surface area contributed by atoms with Gasteiger partial charge in [-0.25, -0.2) is 0 Å².